The standard InChI is InChI=1S/C28H28N2O5S/c1-32-21-11-12-26(33-2)24(15-21)25-18-36-28(29-25)30(16-23-8-5-13-34-23)27(31)17-35-22-10-9-19-6-3-4-7-20(19)14-22/h3-4,6-7,9-12,14-15,18,23H,5,8,13,16-17H2,1-2H3. The maximum absolute atomic E-state index is 13.4. The van der Waals surface area contributed by atoms with Gasteiger partial charge in [0, 0.05) is 17.6 Å². The average Bonchev–Trinajstić information content (AvgIpc) is 3.62. The van der Waals surface area contributed by atoms with Crippen molar-refractivity contribution in [3.05, 3.63) is 66.0 Å². The minimum Gasteiger partial charge on any atom is -0.497 e. The number of nitrogens with zero attached hydrogens (tertiary/aromatic N) is 2. The molecule has 36 heavy (non-hydrogen) atoms. The van der Waals surface area contributed by atoms with Crippen molar-refractivity contribution in [2.45, 2.75) is 18.9 Å². The number of fused-ring (bicyclic) bond motifs is 1. The zero-order valence-electron chi connectivity index (χ0n) is 20.3. The summed E-state index contributed by atoms with van der Waals surface area (Å²) >= 11 is 1.41. The van der Waals surface area contributed by atoms with Crippen LogP contribution in [0.2, 0.25) is 0 Å². The Bertz CT molecular complexity index is 1350. The van der Waals surface area contributed by atoms with Crippen molar-refractivity contribution in [3.63, 3.8) is 0 Å². The van der Waals surface area contributed by atoms with Crippen molar-refractivity contribution < 1.29 is 23.7 Å². The largest absolute Gasteiger partial charge is 0.497 e. The maximum atomic E-state index is 13.4. The number of aromatic nitrogens is 1. The first-order valence-electron chi connectivity index (χ1n) is 11.9. The molecule has 3 aromatic carbocycles. The predicted molar refractivity (Wildman–Crippen MR) is 141 cm³/mol. The summed E-state index contributed by atoms with van der Waals surface area (Å²) in [7, 11) is 3.24. The molecule has 8 heteroatoms. The van der Waals surface area contributed by atoms with Gasteiger partial charge in [0.05, 0.1) is 32.6 Å². The first-order chi connectivity index (χ1) is 17.6. The summed E-state index contributed by atoms with van der Waals surface area (Å²) in [6.45, 7) is 1.05. The van der Waals surface area contributed by atoms with Crippen molar-refractivity contribution >= 4 is 33.1 Å². The van der Waals surface area contributed by atoms with Crippen molar-refractivity contribution in [1.82, 2.24) is 4.98 Å². The summed E-state index contributed by atoms with van der Waals surface area (Å²) < 4.78 is 22.7. The van der Waals surface area contributed by atoms with Gasteiger partial charge in [-0.1, -0.05) is 30.3 Å². The number of hydrogen-bond donors (Lipinski definition) is 0. The van der Waals surface area contributed by atoms with Gasteiger partial charge in [-0.2, -0.15) is 0 Å². The van der Waals surface area contributed by atoms with E-state index < -0.39 is 0 Å². The number of rotatable bonds is 9. The number of carbonyl (C=O) groups is 1. The lowest BCUT2D eigenvalue weighted by molar-refractivity contribution is -0.120. The molecule has 1 fully saturated rings. The quantitative estimate of drug-likeness (QED) is 0.297. The Morgan fingerprint density at radius 2 is 1.89 bits per heavy atom. The van der Waals surface area contributed by atoms with E-state index in [1.165, 1.54) is 11.3 Å². The third-order valence-corrected chi connectivity index (χ3v) is 7.06. The van der Waals surface area contributed by atoms with Gasteiger partial charge in [0.2, 0.25) is 0 Å². The van der Waals surface area contributed by atoms with Gasteiger partial charge in [-0.15, -0.1) is 11.3 Å². The fraction of sp³-hybridized carbons (Fsp3) is 0.286. The Hall–Kier alpha value is -3.62. The molecule has 0 radical (unpaired) electrons. The van der Waals surface area contributed by atoms with E-state index in [2.05, 4.69) is 0 Å². The molecule has 1 amide bonds. The van der Waals surface area contributed by atoms with E-state index in [0.29, 0.717) is 41.2 Å². The van der Waals surface area contributed by atoms with Crippen LogP contribution in [0.1, 0.15) is 12.8 Å². The highest BCUT2D eigenvalue weighted by Gasteiger charge is 2.27. The molecule has 5 rings (SSSR count). The fourth-order valence-corrected chi connectivity index (χ4v) is 5.14. The van der Waals surface area contributed by atoms with Gasteiger partial charge in [0.1, 0.15) is 17.2 Å². The lowest BCUT2D eigenvalue weighted by Crippen LogP contribution is -2.40. The molecule has 4 aromatic rings. The SMILES string of the molecule is COc1ccc(OC)c(-c2csc(N(CC3CCCO3)C(=O)COc3ccc4ccccc4c3)n2)c1. The number of thiazole rings is 1. The number of amides is 1. The van der Waals surface area contributed by atoms with Crippen LogP contribution in [0.15, 0.2) is 66.0 Å². The molecule has 0 bridgehead atoms. The van der Waals surface area contributed by atoms with Gasteiger partial charge in [0.15, 0.2) is 11.7 Å². The van der Waals surface area contributed by atoms with Crippen LogP contribution >= 0.6 is 11.3 Å². The van der Waals surface area contributed by atoms with E-state index >= 15 is 0 Å². The van der Waals surface area contributed by atoms with Crippen molar-refractivity contribution in [1.29, 1.82) is 0 Å². The summed E-state index contributed by atoms with van der Waals surface area (Å²) in [6, 6.07) is 19.5. The van der Waals surface area contributed by atoms with Gasteiger partial charge in [-0.3, -0.25) is 9.69 Å². The Kier molecular flexibility index (Phi) is 7.34. The van der Waals surface area contributed by atoms with Crippen LogP contribution in [-0.2, 0) is 9.53 Å². The molecule has 1 aliphatic rings. The Morgan fingerprint density at radius 1 is 1.06 bits per heavy atom. The predicted octanol–water partition coefficient (Wildman–Crippen LogP) is 5.57. The monoisotopic (exact) mass is 504 g/mol. The summed E-state index contributed by atoms with van der Waals surface area (Å²) in [5.41, 5.74) is 1.52. The van der Waals surface area contributed by atoms with E-state index in [1.54, 1.807) is 19.1 Å². The average molecular weight is 505 g/mol. The smallest absolute Gasteiger partial charge is 0.266 e. The molecular weight excluding hydrogens is 476 g/mol. The third kappa shape index (κ3) is 5.29. The van der Waals surface area contributed by atoms with Crippen LogP contribution in [0.5, 0.6) is 17.2 Å². The number of hydrogen-bond acceptors (Lipinski definition) is 7. The van der Waals surface area contributed by atoms with Crippen LogP contribution in [-0.4, -0.2) is 51.0 Å². The summed E-state index contributed by atoms with van der Waals surface area (Å²) in [5.74, 6) is 1.87. The molecule has 1 aromatic heterocycles. The minimum absolute atomic E-state index is 0.0201. The summed E-state index contributed by atoms with van der Waals surface area (Å²) in [5, 5.41) is 4.71. The van der Waals surface area contributed by atoms with Crippen LogP contribution < -0.4 is 19.1 Å². The summed E-state index contributed by atoms with van der Waals surface area (Å²) in [6.07, 6.45) is 1.88. The molecule has 1 atom stereocenters. The molecule has 0 saturated carbocycles. The molecule has 7 nitrogen and oxygen atoms in total. The van der Waals surface area contributed by atoms with E-state index in [4.69, 9.17) is 23.9 Å². The zero-order chi connectivity index (χ0) is 24.9. The second-order valence-electron chi connectivity index (χ2n) is 8.52. The van der Waals surface area contributed by atoms with E-state index in [1.807, 2.05) is 66.0 Å². The van der Waals surface area contributed by atoms with Crippen molar-refractivity contribution in [2.24, 2.45) is 0 Å². The third-order valence-electron chi connectivity index (χ3n) is 6.20. The second-order valence-corrected chi connectivity index (χ2v) is 9.36. The van der Waals surface area contributed by atoms with Crippen LogP contribution in [0, 0.1) is 0 Å². The molecule has 1 saturated heterocycles. The van der Waals surface area contributed by atoms with Crippen LogP contribution in [0.3, 0.4) is 0 Å². The number of anilines is 1. The first kappa shape index (κ1) is 24.1. The first-order valence-corrected chi connectivity index (χ1v) is 12.7. The van der Waals surface area contributed by atoms with Gasteiger partial charge >= 0.3 is 0 Å². The van der Waals surface area contributed by atoms with E-state index in [-0.39, 0.29) is 18.6 Å². The van der Waals surface area contributed by atoms with Gasteiger partial charge in [0.25, 0.3) is 5.91 Å². The highest BCUT2D eigenvalue weighted by atomic mass is 32.1. The summed E-state index contributed by atoms with van der Waals surface area (Å²) in [4.78, 5) is 19.9. The lowest BCUT2D eigenvalue weighted by Gasteiger charge is -2.23. The Labute approximate surface area is 214 Å². The minimum atomic E-state index is -0.169. The van der Waals surface area contributed by atoms with Crippen LogP contribution in [0.4, 0.5) is 5.13 Å². The number of carbonyl (C=O) groups excluding carboxylic acids is 1. The maximum Gasteiger partial charge on any atom is 0.266 e. The highest BCUT2D eigenvalue weighted by Crippen LogP contribution is 2.36. The Morgan fingerprint density at radius 3 is 2.67 bits per heavy atom. The van der Waals surface area contributed by atoms with Gasteiger partial charge in [-0.25, -0.2) is 4.98 Å². The molecule has 2 heterocycles. The second kappa shape index (κ2) is 11.0. The zero-order valence-corrected chi connectivity index (χ0v) is 21.1. The normalized spacial score (nSPS) is 15.1. The molecular formula is C28H28N2O5S. The molecule has 0 aliphatic carbocycles. The van der Waals surface area contributed by atoms with E-state index in [9.17, 15) is 4.79 Å². The molecule has 186 valence electrons. The number of methoxy groups -OCH3 is 2. The lowest BCUT2D eigenvalue weighted by atomic mass is 10.1. The van der Waals surface area contributed by atoms with Crippen LogP contribution in [0.25, 0.3) is 22.0 Å². The highest BCUT2D eigenvalue weighted by molar-refractivity contribution is 7.14. The van der Waals surface area contributed by atoms with Gasteiger partial charge < -0.3 is 18.9 Å². The van der Waals surface area contributed by atoms with Crippen molar-refractivity contribution in [2.75, 3.05) is 38.9 Å². The topological polar surface area (TPSA) is 70.1 Å². The van der Waals surface area contributed by atoms with Gasteiger partial charge in [-0.05, 0) is 53.9 Å². The van der Waals surface area contributed by atoms with E-state index in [0.717, 1.165) is 29.2 Å². The molecule has 0 N–H and O–H groups in total. The Balaban J connectivity index is 1.37. The molecule has 0 spiro atoms. The number of ether oxygens (including phenoxy) is 4. The fourth-order valence-electron chi connectivity index (χ4n) is 4.28. The molecule has 1 unspecified atom stereocenters. The number of benzene rings is 3. The molecule has 1 aliphatic heterocycles. The van der Waals surface area contributed by atoms with Crippen molar-refractivity contribution in [3.8, 4) is 28.5 Å².